The number of esters is 1. The van der Waals surface area contributed by atoms with Crippen LogP contribution in [-0.2, 0) is 19.1 Å². The van der Waals surface area contributed by atoms with Crippen molar-refractivity contribution < 1.29 is 32.2 Å². The van der Waals surface area contributed by atoms with Crippen LogP contribution in [0.2, 0.25) is 0 Å². The van der Waals surface area contributed by atoms with E-state index in [0.29, 0.717) is 25.7 Å². The molecule has 0 atom stereocenters. The number of halogens is 3. The monoisotopic (exact) mass is 318 g/mol. The average Bonchev–Trinajstić information content (AvgIpc) is 2.45. The van der Waals surface area contributed by atoms with E-state index in [1.807, 2.05) is 0 Å². The standard InChI is InChI=1S/C8H12O4.C7H5F3/c1-2-12-8(10)4-7-11-6-3-5-9;1-4-2-5(8)3-6(9)7(4)10/h4-5,7H,2-3,6H2,1H3;2-3H,1H3. The topological polar surface area (TPSA) is 52.6 Å². The zero-order valence-electron chi connectivity index (χ0n) is 12.3. The van der Waals surface area contributed by atoms with E-state index in [4.69, 9.17) is 4.74 Å². The lowest BCUT2D eigenvalue weighted by Gasteiger charge is -1.96. The summed E-state index contributed by atoms with van der Waals surface area (Å²) in [6.45, 7) is 3.66. The highest BCUT2D eigenvalue weighted by atomic mass is 19.2. The zero-order chi connectivity index (χ0) is 17.0. The zero-order valence-corrected chi connectivity index (χ0v) is 12.3. The summed E-state index contributed by atoms with van der Waals surface area (Å²) in [4.78, 5) is 20.4. The molecule has 1 aromatic rings. The number of benzene rings is 1. The molecule has 1 aromatic carbocycles. The van der Waals surface area contributed by atoms with Crippen LogP contribution in [0.3, 0.4) is 0 Å². The number of ether oxygens (including phenoxy) is 2. The van der Waals surface area contributed by atoms with Gasteiger partial charge in [0.05, 0.1) is 25.6 Å². The van der Waals surface area contributed by atoms with E-state index >= 15 is 0 Å². The fourth-order valence-electron chi connectivity index (χ4n) is 1.16. The first kappa shape index (κ1) is 19.7. The Kier molecular flexibility index (Phi) is 10.2. The summed E-state index contributed by atoms with van der Waals surface area (Å²) in [5.74, 6) is -3.32. The molecule has 0 spiro atoms. The molecule has 0 aliphatic heterocycles. The van der Waals surface area contributed by atoms with Gasteiger partial charge < -0.3 is 14.3 Å². The molecule has 0 fully saturated rings. The van der Waals surface area contributed by atoms with Gasteiger partial charge in [0.2, 0.25) is 0 Å². The summed E-state index contributed by atoms with van der Waals surface area (Å²) in [5.41, 5.74) is -0.0162. The summed E-state index contributed by atoms with van der Waals surface area (Å²) in [5, 5.41) is 0. The molecule has 0 aliphatic carbocycles. The highest BCUT2D eigenvalue weighted by Crippen LogP contribution is 2.12. The van der Waals surface area contributed by atoms with Gasteiger partial charge in [-0.1, -0.05) is 0 Å². The summed E-state index contributed by atoms with van der Waals surface area (Å²) < 4.78 is 46.1. The van der Waals surface area contributed by atoms with Crippen LogP contribution >= 0.6 is 0 Å². The Morgan fingerprint density at radius 1 is 1.27 bits per heavy atom. The molecular formula is C15H17F3O4. The lowest BCUT2D eigenvalue weighted by Crippen LogP contribution is -1.99. The molecule has 0 unspecified atom stereocenters. The number of carbonyl (C=O) groups excluding carboxylic acids is 2. The van der Waals surface area contributed by atoms with Crippen LogP contribution in [0, 0.1) is 24.4 Å². The number of aryl methyl sites for hydroxylation is 1. The molecule has 0 heterocycles. The van der Waals surface area contributed by atoms with E-state index in [0.717, 1.165) is 12.4 Å². The Morgan fingerprint density at radius 2 is 1.95 bits per heavy atom. The lowest BCUT2D eigenvalue weighted by molar-refractivity contribution is -0.137. The average molecular weight is 318 g/mol. The first-order chi connectivity index (χ1) is 10.4. The van der Waals surface area contributed by atoms with E-state index in [9.17, 15) is 22.8 Å². The predicted octanol–water partition coefficient (Wildman–Crippen LogP) is 3.08. The van der Waals surface area contributed by atoms with Gasteiger partial charge in [-0.05, 0) is 25.5 Å². The highest BCUT2D eigenvalue weighted by molar-refractivity contribution is 5.81. The van der Waals surface area contributed by atoms with Crippen LogP contribution in [0.15, 0.2) is 24.5 Å². The molecule has 22 heavy (non-hydrogen) atoms. The molecule has 4 nitrogen and oxygen atoms in total. The van der Waals surface area contributed by atoms with Crippen molar-refractivity contribution in [2.45, 2.75) is 20.3 Å². The second-order valence-corrected chi connectivity index (χ2v) is 3.90. The van der Waals surface area contributed by atoms with E-state index in [1.54, 1.807) is 6.92 Å². The van der Waals surface area contributed by atoms with Gasteiger partial charge in [-0.25, -0.2) is 18.0 Å². The third-order valence-corrected chi connectivity index (χ3v) is 2.12. The molecule has 7 heteroatoms. The minimum Gasteiger partial charge on any atom is -0.500 e. The molecule has 0 aliphatic rings. The Bertz CT molecular complexity index is 493. The van der Waals surface area contributed by atoms with Crippen molar-refractivity contribution in [3.05, 3.63) is 47.5 Å². The van der Waals surface area contributed by atoms with Crippen molar-refractivity contribution in [3.63, 3.8) is 0 Å². The van der Waals surface area contributed by atoms with Crippen LogP contribution in [0.4, 0.5) is 13.2 Å². The molecule has 0 aromatic heterocycles. The molecule has 0 bridgehead atoms. The predicted molar refractivity (Wildman–Crippen MR) is 73.5 cm³/mol. The van der Waals surface area contributed by atoms with Gasteiger partial charge >= 0.3 is 5.97 Å². The smallest absolute Gasteiger partial charge is 0.333 e. The van der Waals surface area contributed by atoms with Gasteiger partial charge in [0.15, 0.2) is 11.6 Å². The molecular weight excluding hydrogens is 301 g/mol. The molecule has 1 rings (SSSR count). The maximum absolute atomic E-state index is 12.4. The molecule has 0 N–H and O–H groups in total. The van der Waals surface area contributed by atoms with Crippen LogP contribution in [0.25, 0.3) is 0 Å². The van der Waals surface area contributed by atoms with Crippen molar-refractivity contribution in [1.29, 1.82) is 0 Å². The van der Waals surface area contributed by atoms with Crippen molar-refractivity contribution in [3.8, 4) is 0 Å². The lowest BCUT2D eigenvalue weighted by atomic mass is 10.2. The van der Waals surface area contributed by atoms with Crippen molar-refractivity contribution >= 4 is 12.3 Å². The van der Waals surface area contributed by atoms with Crippen molar-refractivity contribution in [2.75, 3.05) is 13.2 Å². The van der Waals surface area contributed by atoms with Crippen LogP contribution < -0.4 is 0 Å². The van der Waals surface area contributed by atoms with Crippen LogP contribution in [-0.4, -0.2) is 25.5 Å². The Balaban J connectivity index is 0.000000406. The second kappa shape index (κ2) is 11.4. The fraction of sp³-hybridized carbons (Fsp3) is 0.333. The largest absolute Gasteiger partial charge is 0.500 e. The third-order valence-electron chi connectivity index (χ3n) is 2.12. The van der Waals surface area contributed by atoms with Gasteiger partial charge in [0, 0.05) is 12.5 Å². The number of hydrogen-bond donors (Lipinski definition) is 0. The molecule has 0 radical (unpaired) electrons. The highest BCUT2D eigenvalue weighted by Gasteiger charge is 2.05. The normalized spacial score (nSPS) is 9.86. The van der Waals surface area contributed by atoms with E-state index < -0.39 is 23.4 Å². The van der Waals surface area contributed by atoms with E-state index in [1.165, 1.54) is 19.3 Å². The Labute approximate surface area is 126 Å². The van der Waals surface area contributed by atoms with Gasteiger partial charge in [-0.3, -0.25) is 0 Å². The van der Waals surface area contributed by atoms with Gasteiger partial charge in [-0.2, -0.15) is 0 Å². The SMILES string of the molecule is CCOC(=O)C=COCCC=O.Cc1cc(F)cc(F)c1F. The quantitative estimate of drug-likeness (QED) is 0.202. The maximum Gasteiger partial charge on any atom is 0.333 e. The number of aldehydes is 1. The number of carbonyl (C=O) groups is 2. The summed E-state index contributed by atoms with van der Waals surface area (Å²) in [6, 6.07) is 1.46. The molecule has 0 saturated carbocycles. The second-order valence-electron chi connectivity index (χ2n) is 3.90. The first-order valence-electron chi connectivity index (χ1n) is 6.42. The van der Waals surface area contributed by atoms with Crippen LogP contribution in [0.1, 0.15) is 18.9 Å². The minimum absolute atomic E-state index is 0.0162. The fourth-order valence-corrected chi connectivity index (χ4v) is 1.16. The van der Waals surface area contributed by atoms with E-state index in [-0.39, 0.29) is 5.56 Å². The maximum atomic E-state index is 12.4. The van der Waals surface area contributed by atoms with E-state index in [2.05, 4.69) is 4.74 Å². The van der Waals surface area contributed by atoms with Gasteiger partial charge in [0.25, 0.3) is 0 Å². The van der Waals surface area contributed by atoms with Gasteiger partial charge in [0.1, 0.15) is 12.1 Å². The first-order valence-corrected chi connectivity index (χ1v) is 6.42. The summed E-state index contributed by atoms with van der Waals surface area (Å²) >= 11 is 0. The summed E-state index contributed by atoms with van der Waals surface area (Å²) in [7, 11) is 0. The molecule has 0 amide bonds. The van der Waals surface area contributed by atoms with Gasteiger partial charge in [-0.15, -0.1) is 0 Å². The minimum atomic E-state index is -1.14. The Hall–Kier alpha value is -2.31. The molecule has 0 saturated heterocycles. The number of hydrogen-bond acceptors (Lipinski definition) is 4. The number of rotatable bonds is 6. The Morgan fingerprint density at radius 3 is 2.50 bits per heavy atom. The van der Waals surface area contributed by atoms with Crippen LogP contribution in [0.5, 0.6) is 0 Å². The summed E-state index contributed by atoms with van der Waals surface area (Å²) in [6.07, 6.45) is 3.47. The van der Waals surface area contributed by atoms with Crippen molar-refractivity contribution in [1.82, 2.24) is 0 Å². The van der Waals surface area contributed by atoms with Crippen molar-refractivity contribution in [2.24, 2.45) is 0 Å². The third kappa shape index (κ3) is 8.78. The molecule has 122 valence electrons.